The fraction of sp³-hybridized carbons (Fsp3) is 0.350. The van der Waals surface area contributed by atoms with Crippen molar-refractivity contribution in [2.24, 2.45) is 0 Å². The number of ether oxygens (including phenoxy) is 1. The van der Waals surface area contributed by atoms with E-state index in [1.807, 2.05) is 0 Å². The van der Waals surface area contributed by atoms with E-state index in [0.29, 0.717) is 19.6 Å². The van der Waals surface area contributed by atoms with Crippen molar-refractivity contribution in [3.05, 3.63) is 58.9 Å². The highest BCUT2D eigenvalue weighted by Gasteiger charge is 2.18. The van der Waals surface area contributed by atoms with Crippen LogP contribution in [0.15, 0.2) is 47.4 Å². The Morgan fingerprint density at radius 1 is 1.17 bits per heavy atom. The van der Waals surface area contributed by atoms with Gasteiger partial charge in [-0.3, -0.25) is 9.69 Å². The van der Waals surface area contributed by atoms with Crippen molar-refractivity contribution >= 4 is 33.2 Å². The molecule has 30 heavy (non-hydrogen) atoms. The Labute approximate surface area is 180 Å². The van der Waals surface area contributed by atoms with Crippen LogP contribution in [-0.4, -0.2) is 58.6 Å². The Morgan fingerprint density at radius 2 is 1.90 bits per heavy atom. The van der Waals surface area contributed by atoms with Gasteiger partial charge in [0.1, 0.15) is 5.82 Å². The standard InChI is InChI=1S/C20H23ClFN3O4S/c21-17-5-2-1-4-16(17)20(26)24-19-7-6-15(14-18(19)22)30(27,28)23-8-3-9-25-10-12-29-13-11-25/h1-2,4-7,14,23H,3,8-13H2,(H,24,26). The summed E-state index contributed by atoms with van der Waals surface area (Å²) in [5.41, 5.74) is 0.0587. The fourth-order valence-electron chi connectivity index (χ4n) is 3.02. The van der Waals surface area contributed by atoms with Crippen molar-refractivity contribution in [2.75, 3.05) is 44.7 Å². The van der Waals surface area contributed by atoms with Crippen molar-refractivity contribution in [3.8, 4) is 0 Å². The lowest BCUT2D eigenvalue weighted by molar-refractivity contribution is 0.0376. The maximum Gasteiger partial charge on any atom is 0.257 e. The Balaban J connectivity index is 1.58. The van der Waals surface area contributed by atoms with E-state index in [1.165, 1.54) is 18.2 Å². The van der Waals surface area contributed by atoms with E-state index < -0.39 is 21.7 Å². The molecule has 1 amide bonds. The van der Waals surface area contributed by atoms with Crippen LogP contribution in [0.5, 0.6) is 0 Å². The van der Waals surface area contributed by atoms with Gasteiger partial charge in [-0.25, -0.2) is 17.5 Å². The van der Waals surface area contributed by atoms with Crippen molar-refractivity contribution in [3.63, 3.8) is 0 Å². The zero-order valence-corrected chi connectivity index (χ0v) is 17.8. The molecule has 1 saturated heterocycles. The SMILES string of the molecule is O=C(Nc1ccc(S(=O)(=O)NCCCN2CCOCC2)cc1F)c1ccccc1Cl. The molecule has 1 fully saturated rings. The number of nitrogens with zero attached hydrogens (tertiary/aromatic N) is 1. The van der Waals surface area contributed by atoms with E-state index in [1.54, 1.807) is 18.2 Å². The van der Waals surface area contributed by atoms with Crippen LogP contribution in [0, 0.1) is 5.82 Å². The number of hydrogen-bond acceptors (Lipinski definition) is 5. The number of sulfonamides is 1. The topological polar surface area (TPSA) is 87.7 Å². The minimum absolute atomic E-state index is 0.133. The predicted octanol–water partition coefficient (Wildman–Crippen LogP) is 2.73. The van der Waals surface area contributed by atoms with Crippen molar-refractivity contribution in [1.82, 2.24) is 9.62 Å². The minimum atomic E-state index is -3.86. The fourth-order valence-corrected chi connectivity index (χ4v) is 4.32. The quantitative estimate of drug-likeness (QED) is 0.597. The molecule has 3 rings (SSSR count). The van der Waals surface area contributed by atoms with Crippen molar-refractivity contribution < 1.29 is 22.3 Å². The number of benzene rings is 2. The van der Waals surface area contributed by atoms with Gasteiger partial charge in [0.05, 0.1) is 34.4 Å². The van der Waals surface area contributed by atoms with E-state index in [-0.39, 0.29) is 27.7 Å². The van der Waals surface area contributed by atoms with Gasteiger partial charge in [0.25, 0.3) is 5.91 Å². The van der Waals surface area contributed by atoms with Crippen molar-refractivity contribution in [1.29, 1.82) is 0 Å². The molecule has 0 aliphatic carbocycles. The van der Waals surface area contributed by atoms with E-state index in [0.717, 1.165) is 25.7 Å². The lowest BCUT2D eigenvalue weighted by Crippen LogP contribution is -2.38. The average Bonchev–Trinajstić information content (AvgIpc) is 2.73. The number of rotatable bonds is 8. The number of nitrogens with one attached hydrogen (secondary N) is 2. The molecule has 0 saturated carbocycles. The van der Waals surface area contributed by atoms with Gasteiger partial charge in [0, 0.05) is 19.6 Å². The first kappa shape index (κ1) is 22.6. The van der Waals surface area contributed by atoms with E-state index in [2.05, 4.69) is 14.9 Å². The third kappa shape index (κ3) is 5.99. The molecule has 1 aliphatic rings. The zero-order chi connectivity index (χ0) is 21.6. The summed E-state index contributed by atoms with van der Waals surface area (Å²) in [6, 6.07) is 9.71. The highest BCUT2D eigenvalue weighted by Crippen LogP contribution is 2.21. The summed E-state index contributed by atoms with van der Waals surface area (Å²) >= 11 is 5.97. The van der Waals surface area contributed by atoms with Crippen LogP contribution >= 0.6 is 11.6 Å². The van der Waals surface area contributed by atoms with Gasteiger partial charge in [-0.1, -0.05) is 23.7 Å². The third-order valence-corrected chi connectivity index (χ3v) is 6.45. The highest BCUT2D eigenvalue weighted by atomic mass is 35.5. The minimum Gasteiger partial charge on any atom is -0.379 e. The number of carbonyl (C=O) groups excluding carboxylic acids is 1. The number of amides is 1. The molecular weight excluding hydrogens is 433 g/mol. The van der Waals surface area contributed by atoms with Crippen LogP contribution in [0.2, 0.25) is 5.02 Å². The van der Waals surface area contributed by atoms with Gasteiger partial charge in [0.2, 0.25) is 10.0 Å². The van der Waals surface area contributed by atoms with Crippen LogP contribution in [0.25, 0.3) is 0 Å². The van der Waals surface area contributed by atoms with Gasteiger partial charge in [-0.05, 0) is 43.3 Å². The molecule has 10 heteroatoms. The summed E-state index contributed by atoms with van der Waals surface area (Å²) in [4.78, 5) is 14.3. The molecule has 7 nitrogen and oxygen atoms in total. The zero-order valence-electron chi connectivity index (χ0n) is 16.2. The molecule has 0 atom stereocenters. The number of halogens is 2. The molecule has 2 N–H and O–H groups in total. The molecule has 2 aromatic rings. The van der Waals surface area contributed by atoms with Gasteiger partial charge in [0.15, 0.2) is 0 Å². The van der Waals surface area contributed by atoms with E-state index in [9.17, 15) is 17.6 Å². The largest absolute Gasteiger partial charge is 0.379 e. The maximum atomic E-state index is 14.4. The number of anilines is 1. The van der Waals surface area contributed by atoms with Crippen LogP contribution < -0.4 is 10.0 Å². The number of carbonyl (C=O) groups is 1. The van der Waals surface area contributed by atoms with Crippen LogP contribution in [0.4, 0.5) is 10.1 Å². The second kappa shape index (κ2) is 10.3. The second-order valence-corrected chi connectivity index (χ2v) is 8.96. The van der Waals surface area contributed by atoms with Gasteiger partial charge in [-0.15, -0.1) is 0 Å². The highest BCUT2D eigenvalue weighted by molar-refractivity contribution is 7.89. The first-order valence-corrected chi connectivity index (χ1v) is 11.4. The molecular formula is C20H23ClFN3O4S. The molecule has 0 unspecified atom stereocenters. The molecule has 0 aromatic heterocycles. The Bertz CT molecular complexity index is 997. The molecule has 1 heterocycles. The number of hydrogen-bond donors (Lipinski definition) is 2. The summed E-state index contributed by atoms with van der Waals surface area (Å²) < 4.78 is 47.0. The summed E-state index contributed by atoms with van der Waals surface area (Å²) in [7, 11) is -3.86. The van der Waals surface area contributed by atoms with Crippen LogP contribution in [0.3, 0.4) is 0 Å². The molecule has 0 radical (unpaired) electrons. The van der Waals surface area contributed by atoms with Gasteiger partial charge in [-0.2, -0.15) is 0 Å². The first-order chi connectivity index (χ1) is 14.4. The normalized spacial score (nSPS) is 15.1. The lowest BCUT2D eigenvalue weighted by atomic mass is 10.2. The van der Waals surface area contributed by atoms with E-state index >= 15 is 0 Å². The maximum absolute atomic E-state index is 14.4. The Kier molecular flexibility index (Phi) is 7.79. The van der Waals surface area contributed by atoms with Crippen molar-refractivity contribution in [2.45, 2.75) is 11.3 Å². The summed E-state index contributed by atoms with van der Waals surface area (Å²) in [5.74, 6) is -1.44. The second-order valence-electron chi connectivity index (χ2n) is 6.78. The molecule has 2 aromatic carbocycles. The summed E-state index contributed by atoms with van der Waals surface area (Å²) in [5, 5.41) is 2.64. The third-order valence-electron chi connectivity index (χ3n) is 4.66. The van der Waals surface area contributed by atoms with E-state index in [4.69, 9.17) is 16.3 Å². The molecule has 1 aliphatic heterocycles. The average molecular weight is 456 g/mol. The molecule has 0 bridgehead atoms. The Hall–Kier alpha value is -2.04. The number of morpholine rings is 1. The summed E-state index contributed by atoms with van der Waals surface area (Å²) in [6.45, 7) is 4.03. The summed E-state index contributed by atoms with van der Waals surface area (Å²) in [6.07, 6.45) is 0.633. The van der Waals surface area contributed by atoms with Crippen LogP contribution in [0.1, 0.15) is 16.8 Å². The first-order valence-electron chi connectivity index (χ1n) is 9.52. The smallest absolute Gasteiger partial charge is 0.257 e. The van der Waals surface area contributed by atoms with Crippen LogP contribution in [-0.2, 0) is 14.8 Å². The Morgan fingerprint density at radius 3 is 2.60 bits per heavy atom. The lowest BCUT2D eigenvalue weighted by Gasteiger charge is -2.26. The molecule has 162 valence electrons. The van der Waals surface area contributed by atoms with Gasteiger partial charge >= 0.3 is 0 Å². The predicted molar refractivity (Wildman–Crippen MR) is 113 cm³/mol. The van der Waals surface area contributed by atoms with Gasteiger partial charge < -0.3 is 10.1 Å². The molecule has 0 spiro atoms. The monoisotopic (exact) mass is 455 g/mol.